The predicted molar refractivity (Wildman–Crippen MR) is 158 cm³/mol. The molecule has 2 aromatic heterocycles. The maximum atomic E-state index is 14.3. The minimum absolute atomic E-state index is 0.137. The molecule has 0 spiro atoms. The van der Waals surface area contributed by atoms with E-state index in [1.807, 2.05) is 48.5 Å². The molecule has 3 aromatic carbocycles. The standard InChI is InChI=1S/C33H31F2N5O2/c1-39-29-18-22(7-6-21-12-15-40(16-13-21)17-14-34)8-10-25(29)32(38-39)33(42)37-31(26-20-24(35)9-11-30(26)41)28-19-23-4-2-3-5-27(23)36-28/h2-5,8-11,18-21,31,36,41H,12-17H2,1H3,(H,37,42). The molecule has 0 bridgehead atoms. The summed E-state index contributed by atoms with van der Waals surface area (Å²) in [6.45, 7) is 1.88. The molecule has 1 fully saturated rings. The molecule has 3 heterocycles. The predicted octanol–water partition coefficient (Wildman–Crippen LogP) is 5.45. The van der Waals surface area contributed by atoms with Crippen LogP contribution in [-0.4, -0.2) is 57.0 Å². The van der Waals surface area contributed by atoms with Gasteiger partial charge in [-0.1, -0.05) is 30.0 Å². The molecule has 1 aliphatic heterocycles. The van der Waals surface area contributed by atoms with Gasteiger partial charge in [0.1, 0.15) is 18.2 Å². The van der Waals surface area contributed by atoms with Crippen LogP contribution in [0.4, 0.5) is 8.78 Å². The fourth-order valence-corrected chi connectivity index (χ4v) is 5.64. The van der Waals surface area contributed by atoms with Crippen molar-refractivity contribution in [2.45, 2.75) is 18.9 Å². The van der Waals surface area contributed by atoms with Crippen LogP contribution in [0.25, 0.3) is 21.8 Å². The van der Waals surface area contributed by atoms with Crippen molar-refractivity contribution in [3.63, 3.8) is 0 Å². The van der Waals surface area contributed by atoms with Gasteiger partial charge in [-0.15, -0.1) is 0 Å². The quantitative estimate of drug-likeness (QED) is 0.238. The Kier molecular flexibility index (Phi) is 7.64. The number of aromatic nitrogens is 3. The number of alkyl halides is 1. The Morgan fingerprint density at radius 3 is 2.74 bits per heavy atom. The van der Waals surface area contributed by atoms with Crippen molar-refractivity contribution >= 4 is 27.7 Å². The lowest BCUT2D eigenvalue weighted by Crippen LogP contribution is -2.34. The highest BCUT2D eigenvalue weighted by atomic mass is 19.1. The van der Waals surface area contributed by atoms with Crippen LogP contribution >= 0.6 is 0 Å². The number of halogens is 2. The number of benzene rings is 3. The van der Waals surface area contributed by atoms with Crippen LogP contribution < -0.4 is 5.32 Å². The summed E-state index contributed by atoms with van der Waals surface area (Å²) in [7, 11) is 1.77. The Bertz CT molecular complexity index is 1790. The maximum absolute atomic E-state index is 14.3. The highest BCUT2D eigenvalue weighted by Crippen LogP contribution is 2.32. The van der Waals surface area contributed by atoms with Crippen LogP contribution in [0.2, 0.25) is 0 Å². The number of phenolic OH excluding ortho intramolecular Hbond substituents is 1. The smallest absolute Gasteiger partial charge is 0.273 e. The van der Waals surface area contributed by atoms with Gasteiger partial charge in [0.15, 0.2) is 5.69 Å². The second-order valence-electron chi connectivity index (χ2n) is 10.7. The number of amides is 1. The molecule has 0 aliphatic carbocycles. The Labute approximate surface area is 242 Å². The first kappa shape index (κ1) is 27.5. The average Bonchev–Trinajstić information content (AvgIpc) is 3.58. The van der Waals surface area contributed by atoms with Crippen LogP contribution in [0, 0.1) is 23.6 Å². The molecule has 0 saturated carbocycles. The monoisotopic (exact) mass is 567 g/mol. The summed E-state index contributed by atoms with van der Waals surface area (Å²) in [5, 5.41) is 19.7. The van der Waals surface area contributed by atoms with E-state index < -0.39 is 17.8 Å². The number of nitrogens with one attached hydrogen (secondary N) is 2. The van der Waals surface area contributed by atoms with Crippen molar-refractivity contribution in [3.8, 4) is 17.6 Å². The van der Waals surface area contributed by atoms with E-state index in [1.165, 1.54) is 18.2 Å². The number of rotatable bonds is 6. The number of likely N-dealkylation sites (tertiary alicyclic amines) is 1. The van der Waals surface area contributed by atoms with Crippen molar-refractivity contribution in [1.29, 1.82) is 0 Å². The summed E-state index contributed by atoms with van der Waals surface area (Å²) in [4.78, 5) is 19.1. The van der Waals surface area contributed by atoms with E-state index in [9.17, 15) is 18.7 Å². The minimum atomic E-state index is -0.862. The zero-order valence-electron chi connectivity index (χ0n) is 23.2. The molecule has 5 aromatic rings. The molecule has 1 amide bonds. The number of hydrogen-bond donors (Lipinski definition) is 3. The third-order valence-corrected chi connectivity index (χ3v) is 7.91. The Hall–Kier alpha value is -4.68. The number of fused-ring (bicyclic) bond motifs is 2. The van der Waals surface area contributed by atoms with Crippen molar-refractivity contribution in [1.82, 2.24) is 25.0 Å². The number of aryl methyl sites for hydroxylation is 1. The van der Waals surface area contributed by atoms with E-state index in [4.69, 9.17) is 0 Å². The van der Waals surface area contributed by atoms with Gasteiger partial charge in [0.05, 0.1) is 11.6 Å². The van der Waals surface area contributed by atoms with E-state index in [-0.39, 0.29) is 29.6 Å². The Morgan fingerprint density at radius 1 is 1.14 bits per heavy atom. The molecule has 1 saturated heterocycles. The zero-order chi connectivity index (χ0) is 29.2. The van der Waals surface area contributed by atoms with Crippen LogP contribution in [-0.2, 0) is 7.05 Å². The summed E-state index contributed by atoms with van der Waals surface area (Å²) in [5.74, 6) is 5.77. The minimum Gasteiger partial charge on any atom is -0.508 e. The Balaban J connectivity index is 1.28. The molecule has 9 heteroatoms. The second kappa shape index (κ2) is 11.7. The topological polar surface area (TPSA) is 86.2 Å². The summed E-state index contributed by atoms with van der Waals surface area (Å²) in [6.07, 6.45) is 1.84. The molecule has 1 atom stereocenters. The normalized spacial score (nSPS) is 15.0. The summed E-state index contributed by atoms with van der Waals surface area (Å²) < 4.78 is 28.6. The zero-order valence-corrected chi connectivity index (χ0v) is 23.2. The van der Waals surface area contributed by atoms with Gasteiger partial charge in [0.2, 0.25) is 0 Å². The number of hydrogen-bond acceptors (Lipinski definition) is 4. The van der Waals surface area contributed by atoms with Gasteiger partial charge in [0.25, 0.3) is 5.91 Å². The number of para-hydroxylation sites is 1. The van der Waals surface area contributed by atoms with Gasteiger partial charge in [-0.05, 0) is 79.8 Å². The lowest BCUT2D eigenvalue weighted by Gasteiger charge is -2.28. The number of nitrogens with zero attached hydrogens (tertiary/aromatic N) is 3. The number of piperidine rings is 1. The van der Waals surface area contributed by atoms with Crippen LogP contribution in [0.3, 0.4) is 0 Å². The van der Waals surface area contributed by atoms with Crippen molar-refractivity contribution in [2.75, 3.05) is 26.3 Å². The molecule has 7 nitrogen and oxygen atoms in total. The van der Waals surface area contributed by atoms with Gasteiger partial charge >= 0.3 is 0 Å². The average molecular weight is 568 g/mol. The molecule has 1 aliphatic rings. The van der Waals surface area contributed by atoms with Gasteiger partial charge in [-0.25, -0.2) is 8.78 Å². The number of aromatic hydroxyl groups is 1. The maximum Gasteiger partial charge on any atom is 0.273 e. The summed E-state index contributed by atoms with van der Waals surface area (Å²) in [5.41, 5.74) is 3.46. The SMILES string of the molecule is Cn1nc(C(=O)NC(c2cc3ccccc3[nH]2)c2cc(F)ccc2O)c2ccc(C#CC3CCN(CCF)CC3)cc21. The molecule has 42 heavy (non-hydrogen) atoms. The summed E-state index contributed by atoms with van der Waals surface area (Å²) >= 11 is 0. The second-order valence-corrected chi connectivity index (χ2v) is 10.7. The molecule has 214 valence electrons. The third kappa shape index (κ3) is 5.58. The number of H-pyrrole nitrogens is 1. The molecule has 1 unspecified atom stereocenters. The van der Waals surface area contributed by atoms with Gasteiger partial charge in [-0.3, -0.25) is 9.48 Å². The molecular weight excluding hydrogens is 536 g/mol. The first-order chi connectivity index (χ1) is 20.4. The summed E-state index contributed by atoms with van der Waals surface area (Å²) in [6, 6.07) is 17.9. The van der Waals surface area contributed by atoms with Gasteiger partial charge in [-0.2, -0.15) is 5.10 Å². The fourth-order valence-electron chi connectivity index (χ4n) is 5.64. The van der Waals surface area contributed by atoms with Crippen LogP contribution in [0.15, 0.2) is 66.7 Å². The number of aromatic amines is 1. The first-order valence-electron chi connectivity index (χ1n) is 14.0. The van der Waals surface area contributed by atoms with Crippen molar-refractivity contribution < 1.29 is 18.7 Å². The lowest BCUT2D eigenvalue weighted by atomic mass is 9.97. The van der Waals surface area contributed by atoms with Crippen molar-refractivity contribution in [2.24, 2.45) is 13.0 Å². The molecule has 6 rings (SSSR count). The molecular formula is C33H31F2N5O2. The largest absolute Gasteiger partial charge is 0.508 e. The highest BCUT2D eigenvalue weighted by molar-refractivity contribution is 6.05. The van der Waals surface area contributed by atoms with E-state index in [0.717, 1.165) is 47.9 Å². The van der Waals surface area contributed by atoms with E-state index >= 15 is 0 Å². The number of carbonyl (C=O) groups is 1. The number of carbonyl (C=O) groups excluding carboxylic acids is 1. The molecule has 0 radical (unpaired) electrons. The van der Waals surface area contributed by atoms with Gasteiger partial charge < -0.3 is 20.3 Å². The van der Waals surface area contributed by atoms with Crippen LogP contribution in [0.5, 0.6) is 5.75 Å². The highest BCUT2D eigenvalue weighted by Gasteiger charge is 2.26. The van der Waals surface area contributed by atoms with E-state index in [2.05, 4.69) is 32.1 Å². The van der Waals surface area contributed by atoms with Gasteiger partial charge in [0, 0.05) is 47.2 Å². The van der Waals surface area contributed by atoms with Crippen LogP contribution in [0.1, 0.15) is 46.2 Å². The van der Waals surface area contributed by atoms with E-state index in [1.54, 1.807) is 11.7 Å². The van der Waals surface area contributed by atoms with Crippen molar-refractivity contribution in [3.05, 3.63) is 95.1 Å². The molecule has 3 N–H and O–H groups in total. The lowest BCUT2D eigenvalue weighted by molar-refractivity contribution is 0.0938. The number of phenols is 1. The fraction of sp³-hybridized carbons (Fsp3) is 0.273. The van der Waals surface area contributed by atoms with E-state index in [0.29, 0.717) is 17.6 Å². The third-order valence-electron chi connectivity index (χ3n) is 7.91. The first-order valence-corrected chi connectivity index (χ1v) is 14.0. The Morgan fingerprint density at radius 2 is 1.95 bits per heavy atom.